The fraction of sp³-hybridized carbons (Fsp3) is 0.765. The molecule has 1 aliphatic carbocycles. The zero-order valence-electron chi connectivity index (χ0n) is 12.6. The first-order chi connectivity index (χ1) is 9.31. The Morgan fingerprint density at radius 2 is 1.95 bits per heavy atom. The van der Waals surface area contributed by atoms with Crippen molar-refractivity contribution < 1.29 is 0 Å². The second-order valence-electron chi connectivity index (χ2n) is 5.96. The average molecular weight is 279 g/mol. The van der Waals surface area contributed by atoms with Crippen LogP contribution in [0.1, 0.15) is 62.1 Å². The van der Waals surface area contributed by atoms with Crippen LogP contribution in [0.4, 0.5) is 0 Å². The fourth-order valence-electron chi connectivity index (χ4n) is 3.20. The van der Waals surface area contributed by atoms with Crippen molar-refractivity contribution in [1.29, 1.82) is 0 Å². The van der Waals surface area contributed by atoms with Crippen LogP contribution in [0.3, 0.4) is 0 Å². The van der Waals surface area contributed by atoms with Crippen molar-refractivity contribution in [1.82, 2.24) is 5.32 Å². The molecule has 1 atom stereocenters. The zero-order valence-corrected chi connectivity index (χ0v) is 13.4. The second-order valence-corrected chi connectivity index (χ2v) is 7.22. The Balaban J connectivity index is 1.87. The first-order valence-electron chi connectivity index (χ1n) is 8.12. The topological polar surface area (TPSA) is 12.0 Å². The van der Waals surface area contributed by atoms with Gasteiger partial charge >= 0.3 is 0 Å². The standard InChI is InChI=1S/C17H29NS/c1-3-11-18-15(12-14-7-5-6-8-14)13-17-10-9-16(4-2)19-17/h9-10,14-15,18H,3-8,11-13H2,1-2H3. The molecule has 1 fully saturated rings. The quantitative estimate of drug-likeness (QED) is 0.720. The molecule has 1 nitrogen and oxygen atoms in total. The smallest absolute Gasteiger partial charge is 0.0118 e. The Hall–Kier alpha value is -0.340. The molecule has 108 valence electrons. The highest BCUT2D eigenvalue weighted by atomic mass is 32.1. The molecule has 1 heterocycles. The van der Waals surface area contributed by atoms with Gasteiger partial charge in [0.2, 0.25) is 0 Å². The molecule has 0 aliphatic heterocycles. The minimum absolute atomic E-state index is 0.700. The van der Waals surface area contributed by atoms with Crippen molar-refractivity contribution in [3.63, 3.8) is 0 Å². The molecule has 1 aliphatic rings. The van der Waals surface area contributed by atoms with Crippen molar-refractivity contribution >= 4 is 11.3 Å². The van der Waals surface area contributed by atoms with Crippen molar-refractivity contribution in [2.75, 3.05) is 6.54 Å². The van der Waals surface area contributed by atoms with E-state index in [9.17, 15) is 0 Å². The summed E-state index contributed by atoms with van der Waals surface area (Å²) in [5.74, 6) is 0.986. The number of aryl methyl sites for hydroxylation is 1. The summed E-state index contributed by atoms with van der Waals surface area (Å²) in [5.41, 5.74) is 0. The largest absolute Gasteiger partial charge is 0.314 e. The molecule has 0 aromatic carbocycles. The summed E-state index contributed by atoms with van der Waals surface area (Å²) in [5, 5.41) is 3.78. The lowest BCUT2D eigenvalue weighted by Gasteiger charge is -2.21. The molecule has 1 N–H and O–H groups in total. The molecule has 2 rings (SSSR count). The van der Waals surface area contributed by atoms with Gasteiger partial charge in [-0.05, 0) is 50.3 Å². The van der Waals surface area contributed by atoms with Crippen molar-refractivity contribution in [3.8, 4) is 0 Å². The highest BCUT2D eigenvalue weighted by Crippen LogP contribution is 2.30. The van der Waals surface area contributed by atoms with E-state index in [0.29, 0.717) is 6.04 Å². The summed E-state index contributed by atoms with van der Waals surface area (Å²) >= 11 is 2.01. The molecule has 1 unspecified atom stereocenters. The number of thiophene rings is 1. The third-order valence-corrected chi connectivity index (χ3v) is 5.54. The molecule has 0 saturated heterocycles. The minimum Gasteiger partial charge on any atom is -0.314 e. The number of hydrogen-bond acceptors (Lipinski definition) is 2. The van der Waals surface area contributed by atoms with Gasteiger partial charge in [0.15, 0.2) is 0 Å². The summed E-state index contributed by atoms with van der Waals surface area (Å²) < 4.78 is 0. The van der Waals surface area contributed by atoms with Gasteiger partial charge in [0, 0.05) is 15.8 Å². The molecule has 0 spiro atoms. The van der Waals surface area contributed by atoms with E-state index >= 15 is 0 Å². The molecule has 0 amide bonds. The lowest BCUT2D eigenvalue weighted by Crippen LogP contribution is -2.33. The normalized spacial score (nSPS) is 18.0. The molecule has 2 heteroatoms. The highest BCUT2D eigenvalue weighted by molar-refractivity contribution is 7.11. The maximum absolute atomic E-state index is 3.78. The first kappa shape index (κ1) is 15.1. The number of hydrogen-bond donors (Lipinski definition) is 1. The van der Waals surface area contributed by atoms with Gasteiger partial charge in [0.1, 0.15) is 0 Å². The Kier molecular flexibility index (Phi) is 6.39. The molecule has 0 radical (unpaired) electrons. The van der Waals surface area contributed by atoms with Gasteiger partial charge in [-0.1, -0.05) is 39.5 Å². The van der Waals surface area contributed by atoms with Crippen molar-refractivity contribution in [2.45, 2.75) is 71.3 Å². The van der Waals surface area contributed by atoms with Gasteiger partial charge in [0.25, 0.3) is 0 Å². The van der Waals surface area contributed by atoms with Crippen molar-refractivity contribution in [3.05, 3.63) is 21.9 Å². The van der Waals surface area contributed by atoms with E-state index in [1.54, 1.807) is 4.88 Å². The fourth-order valence-corrected chi connectivity index (χ4v) is 4.24. The van der Waals surface area contributed by atoms with E-state index in [2.05, 4.69) is 31.3 Å². The van der Waals surface area contributed by atoms with E-state index in [0.717, 1.165) is 5.92 Å². The third kappa shape index (κ3) is 4.92. The molecule has 0 bridgehead atoms. The van der Waals surface area contributed by atoms with E-state index in [-0.39, 0.29) is 0 Å². The van der Waals surface area contributed by atoms with E-state index < -0.39 is 0 Å². The van der Waals surface area contributed by atoms with Gasteiger partial charge in [-0.3, -0.25) is 0 Å². The first-order valence-corrected chi connectivity index (χ1v) is 8.94. The van der Waals surface area contributed by atoms with Crippen LogP contribution in [0.5, 0.6) is 0 Å². The van der Waals surface area contributed by atoms with E-state index in [1.807, 2.05) is 11.3 Å². The van der Waals surface area contributed by atoms with Gasteiger partial charge < -0.3 is 5.32 Å². The summed E-state index contributed by atoms with van der Waals surface area (Å²) in [7, 11) is 0. The number of nitrogens with one attached hydrogen (secondary N) is 1. The van der Waals surface area contributed by atoms with Crippen LogP contribution < -0.4 is 5.32 Å². The molecular weight excluding hydrogens is 250 g/mol. The average Bonchev–Trinajstić information content (AvgIpc) is 3.07. The lowest BCUT2D eigenvalue weighted by molar-refractivity contribution is 0.386. The maximum Gasteiger partial charge on any atom is 0.0118 e. The third-order valence-electron chi connectivity index (χ3n) is 4.29. The molecule has 1 saturated carbocycles. The molecule has 1 aromatic heterocycles. The Morgan fingerprint density at radius 1 is 1.21 bits per heavy atom. The van der Waals surface area contributed by atoms with Crippen LogP contribution in [-0.2, 0) is 12.8 Å². The second kappa shape index (κ2) is 8.06. The predicted octanol–water partition coefficient (Wildman–Crippen LogP) is 4.80. The zero-order chi connectivity index (χ0) is 13.5. The molecule has 19 heavy (non-hydrogen) atoms. The van der Waals surface area contributed by atoms with Crippen LogP contribution in [0, 0.1) is 5.92 Å². The molecule has 1 aromatic rings. The lowest BCUT2D eigenvalue weighted by atomic mass is 9.96. The van der Waals surface area contributed by atoms with Gasteiger partial charge in [0.05, 0.1) is 0 Å². The van der Waals surface area contributed by atoms with E-state index in [4.69, 9.17) is 0 Å². The SMILES string of the molecule is CCCNC(Cc1ccc(CC)s1)CC1CCCC1. The summed E-state index contributed by atoms with van der Waals surface area (Å²) in [6.07, 6.45) is 10.9. The summed E-state index contributed by atoms with van der Waals surface area (Å²) in [6, 6.07) is 5.36. The molecular formula is C17H29NS. The minimum atomic E-state index is 0.700. The number of rotatable bonds is 8. The van der Waals surface area contributed by atoms with Gasteiger partial charge in [-0.15, -0.1) is 11.3 Å². The van der Waals surface area contributed by atoms with Gasteiger partial charge in [-0.25, -0.2) is 0 Å². The monoisotopic (exact) mass is 279 g/mol. The van der Waals surface area contributed by atoms with Crippen LogP contribution in [0.15, 0.2) is 12.1 Å². The highest BCUT2D eigenvalue weighted by Gasteiger charge is 2.20. The predicted molar refractivity (Wildman–Crippen MR) is 86.1 cm³/mol. The summed E-state index contributed by atoms with van der Waals surface area (Å²) in [6.45, 7) is 5.68. The Labute approximate surface area is 122 Å². The Bertz CT molecular complexity index is 352. The van der Waals surface area contributed by atoms with Crippen LogP contribution in [0.2, 0.25) is 0 Å². The maximum atomic E-state index is 3.78. The van der Waals surface area contributed by atoms with Crippen LogP contribution >= 0.6 is 11.3 Å². The summed E-state index contributed by atoms with van der Waals surface area (Å²) in [4.78, 5) is 3.11. The van der Waals surface area contributed by atoms with Crippen LogP contribution in [0.25, 0.3) is 0 Å². The van der Waals surface area contributed by atoms with Crippen molar-refractivity contribution in [2.24, 2.45) is 5.92 Å². The van der Waals surface area contributed by atoms with Crippen LogP contribution in [-0.4, -0.2) is 12.6 Å². The Morgan fingerprint density at radius 3 is 2.58 bits per heavy atom. The van der Waals surface area contributed by atoms with Gasteiger partial charge in [-0.2, -0.15) is 0 Å². The van der Waals surface area contributed by atoms with E-state index in [1.165, 1.54) is 62.8 Å².